The zero-order valence-corrected chi connectivity index (χ0v) is 14.6. The zero-order valence-electron chi connectivity index (χ0n) is 13.0. The molecule has 1 aliphatic carbocycles. The first kappa shape index (κ1) is 15.3. The summed E-state index contributed by atoms with van der Waals surface area (Å²) in [7, 11) is -3.72. The molecule has 7 heteroatoms. The van der Waals surface area contributed by atoms with Crippen molar-refractivity contribution in [3.8, 4) is 11.3 Å². The van der Waals surface area contributed by atoms with Gasteiger partial charge in [0.25, 0.3) is 10.0 Å². The van der Waals surface area contributed by atoms with Gasteiger partial charge in [0.15, 0.2) is 0 Å². The molecule has 0 spiro atoms. The molecular weight excluding hydrogens is 342 g/mol. The first-order chi connectivity index (χ1) is 11.5. The second-order valence-electron chi connectivity index (χ2n) is 5.80. The Morgan fingerprint density at radius 3 is 2.62 bits per heavy atom. The number of benzene rings is 1. The third-order valence-corrected chi connectivity index (χ3v) is 6.29. The van der Waals surface area contributed by atoms with Crippen LogP contribution in [0.2, 0.25) is 0 Å². The largest absolute Gasteiger partial charge is 0.284 e. The van der Waals surface area contributed by atoms with Gasteiger partial charge in [-0.15, -0.1) is 20.5 Å². The van der Waals surface area contributed by atoms with Gasteiger partial charge in [0, 0.05) is 10.4 Å². The Morgan fingerprint density at radius 2 is 1.92 bits per heavy atom. The molecule has 0 amide bonds. The fourth-order valence-corrected chi connectivity index (χ4v) is 4.31. The van der Waals surface area contributed by atoms with Crippen molar-refractivity contribution in [3.63, 3.8) is 0 Å². The van der Waals surface area contributed by atoms with Crippen LogP contribution in [0.3, 0.4) is 0 Å². The van der Waals surface area contributed by atoms with Crippen LogP contribution in [0, 0.1) is 6.92 Å². The van der Waals surface area contributed by atoms with E-state index in [1.54, 1.807) is 35.6 Å². The van der Waals surface area contributed by atoms with Gasteiger partial charge in [0.05, 0.1) is 11.1 Å². The van der Waals surface area contributed by atoms with Gasteiger partial charge >= 0.3 is 0 Å². The van der Waals surface area contributed by atoms with Crippen molar-refractivity contribution in [2.45, 2.75) is 24.7 Å². The lowest BCUT2D eigenvalue weighted by Gasteiger charge is -2.03. The molecule has 1 fully saturated rings. The first-order valence-corrected chi connectivity index (χ1v) is 9.88. The molecule has 0 N–H and O–H groups in total. The second-order valence-corrected chi connectivity index (χ2v) is 8.54. The average Bonchev–Trinajstić information content (AvgIpc) is 3.05. The van der Waals surface area contributed by atoms with E-state index in [1.807, 2.05) is 18.4 Å². The molecule has 1 saturated carbocycles. The summed E-state index contributed by atoms with van der Waals surface area (Å²) in [6.45, 7) is 1.91. The summed E-state index contributed by atoms with van der Waals surface area (Å²) < 4.78 is 26.2. The molecule has 24 heavy (non-hydrogen) atoms. The third kappa shape index (κ3) is 2.81. The van der Waals surface area contributed by atoms with E-state index in [1.165, 1.54) is 11.8 Å². The summed E-state index contributed by atoms with van der Waals surface area (Å²) in [6, 6.07) is 8.65. The average molecular weight is 357 g/mol. The van der Waals surface area contributed by atoms with Crippen molar-refractivity contribution in [3.05, 3.63) is 57.9 Å². The summed E-state index contributed by atoms with van der Waals surface area (Å²) in [4.78, 5) is 1.30. The maximum atomic E-state index is 12.7. The van der Waals surface area contributed by atoms with Crippen molar-refractivity contribution in [1.82, 2.24) is 14.4 Å². The Bertz CT molecular complexity index is 1020. The predicted octanol–water partition coefficient (Wildman–Crippen LogP) is 3.73. The number of thiophene rings is 1. The Kier molecular flexibility index (Phi) is 3.62. The van der Waals surface area contributed by atoms with E-state index >= 15 is 0 Å². The highest BCUT2D eigenvalue weighted by Crippen LogP contribution is 2.35. The number of aromatic nitrogens is 3. The van der Waals surface area contributed by atoms with Gasteiger partial charge in [-0.2, -0.15) is 8.42 Å². The molecule has 5 nitrogen and oxygen atoms in total. The highest BCUT2D eigenvalue weighted by Gasteiger charge is 2.21. The molecule has 0 radical (unpaired) electrons. The Hall–Kier alpha value is -2.25. The van der Waals surface area contributed by atoms with E-state index in [4.69, 9.17) is 0 Å². The lowest BCUT2D eigenvalue weighted by molar-refractivity contribution is 0.577. The number of hydrogen-bond acceptors (Lipinski definition) is 5. The van der Waals surface area contributed by atoms with Crippen LogP contribution in [-0.2, 0) is 10.0 Å². The van der Waals surface area contributed by atoms with Crippen molar-refractivity contribution < 1.29 is 8.42 Å². The van der Waals surface area contributed by atoms with Gasteiger partial charge in [-0.05, 0) is 49.4 Å². The lowest BCUT2D eigenvalue weighted by atomic mass is 10.2. The van der Waals surface area contributed by atoms with Crippen LogP contribution < -0.4 is 0 Å². The lowest BCUT2D eigenvalue weighted by Crippen LogP contribution is -2.13. The molecule has 0 bridgehead atoms. The fourth-order valence-electron chi connectivity index (χ4n) is 2.35. The number of allylic oxidation sites excluding steroid dienone is 1. The van der Waals surface area contributed by atoms with Crippen LogP contribution in [0.5, 0.6) is 0 Å². The SMILES string of the molecule is Cc1ccc(S(=O)(=O)n2cc(-c3ccsc3C=C3CC3)nn2)cc1. The maximum absolute atomic E-state index is 12.7. The molecule has 0 unspecified atom stereocenters. The molecule has 2 aromatic heterocycles. The minimum Gasteiger partial charge on any atom is -0.199 e. The van der Waals surface area contributed by atoms with E-state index in [-0.39, 0.29) is 4.90 Å². The van der Waals surface area contributed by atoms with E-state index in [0.717, 1.165) is 32.9 Å². The minimum atomic E-state index is -3.72. The van der Waals surface area contributed by atoms with Gasteiger partial charge in [0.2, 0.25) is 0 Å². The van der Waals surface area contributed by atoms with Gasteiger partial charge in [-0.3, -0.25) is 0 Å². The van der Waals surface area contributed by atoms with Crippen molar-refractivity contribution in [2.24, 2.45) is 0 Å². The standard InChI is InChI=1S/C17H15N3O2S2/c1-12-2-6-14(7-3-12)24(21,22)20-11-16(18-19-20)15-8-9-23-17(15)10-13-4-5-13/h2-3,6-11H,4-5H2,1H3. The summed E-state index contributed by atoms with van der Waals surface area (Å²) >= 11 is 1.62. The Morgan fingerprint density at radius 1 is 1.17 bits per heavy atom. The third-order valence-electron chi connectivity index (χ3n) is 3.88. The maximum Gasteiger partial charge on any atom is 0.284 e. The normalized spacial score (nSPS) is 14.0. The monoisotopic (exact) mass is 357 g/mol. The number of nitrogens with zero attached hydrogens (tertiary/aromatic N) is 3. The van der Waals surface area contributed by atoms with Crippen LogP contribution in [-0.4, -0.2) is 22.8 Å². The number of hydrogen-bond donors (Lipinski definition) is 0. The summed E-state index contributed by atoms with van der Waals surface area (Å²) in [5.74, 6) is 0. The second kappa shape index (κ2) is 5.68. The zero-order chi connectivity index (χ0) is 16.7. The van der Waals surface area contributed by atoms with Crippen LogP contribution in [0.25, 0.3) is 17.3 Å². The van der Waals surface area contributed by atoms with Crippen molar-refractivity contribution in [1.29, 1.82) is 0 Å². The van der Waals surface area contributed by atoms with Crippen molar-refractivity contribution >= 4 is 27.4 Å². The highest BCUT2D eigenvalue weighted by molar-refractivity contribution is 7.89. The molecule has 4 rings (SSSR count). The van der Waals surface area contributed by atoms with E-state index in [2.05, 4.69) is 16.4 Å². The predicted molar refractivity (Wildman–Crippen MR) is 94.3 cm³/mol. The molecule has 3 aromatic rings. The van der Waals surface area contributed by atoms with Gasteiger partial charge < -0.3 is 0 Å². The summed E-state index contributed by atoms with van der Waals surface area (Å²) in [6.07, 6.45) is 5.93. The number of aryl methyl sites for hydroxylation is 1. The van der Waals surface area contributed by atoms with Crippen LogP contribution in [0.15, 0.2) is 52.4 Å². The van der Waals surface area contributed by atoms with E-state index in [0.29, 0.717) is 5.69 Å². The quantitative estimate of drug-likeness (QED) is 0.714. The highest BCUT2D eigenvalue weighted by atomic mass is 32.2. The van der Waals surface area contributed by atoms with Crippen molar-refractivity contribution in [2.75, 3.05) is 0 Å². The van der Waals surface area contributed by atoms with Crippen LogP contribution >= 0.6 is 11.3 Å². The summed E-state index contributed by atoms with van der Waals surface area (Å²) in [5.41, 5.74) is 3.91. The molecule has 2 heterocycles. The first-order valence-electron chi connectivity index (χ1n) is 7.56. The van der Waals surface area contributed by atoms with Crippen LogP contribution in [0.4, 0.5) is 0 Å². The molecule has 0 aliphatic heterocycles. The smallest absolute Gasteiger partial charge is 0.199 e. The van der Waals surface area contributed by atoms with Gasteiger partial charge in [0.1, 0.15) is 5.69 Å². The molecule has 122 valence electrons. The van der Waals surface area contributed by atoms with E-state index in [9.17, 15) is 8.42 Å². The topological polar surface area (TPSA) is 64.8 Å². The summed E-state index contributed by atoms with van der Waals surface area (Å²) in [5, 5.41) is 9.89. The van der Waals surface area contributed by atoms with Gasteiger partial charge in [-0.1, -0.05) is 28.5 Å². The molecule has 0 saturated heterocycles. The van der Waals surface area contributed by atoms with Gasteiger partial charge in [-0.25, -0.2) is 0 Å². The van der Waals surface area contributed by atoms with Crippen LogP contribution in [0.1, 0.15) is 23.3 Å². The fraction of sp³-hybridized carbons (Fsp3) is 0.176. The molecule has 1 aliphatic rings. The number of rotatable bonds is 4. The van der Waals surface area contributed by atoms with E-state index < -0.39 is 10.0 Å². The Labute approximate surface area is 144 Å². The Balaban J connectivity index is 1.71. The molecule has 0 atom stereocenters. The minimum absolute atomic E-state index is 0.204. The molecular formula is C17H15N3O2S2. The molecule has 1 aromatic carbocycles.